The van der Waals surface area contributed by atoms with Crippen LogP contribution in [-0.4, -0.2) is 36.8 Å². The average Bonchev–Trinajstić information content (AvgIpc) is 2.20. The Balaban J connectivity index is 3.60. The number of hydrogen-bond donors (Lipinski definition) is 1. The normalized spacial score (nSPS) is 15.6. The first-order valence-electron chi connectivity index (χ1n) is 5.62. The smallest absolute Gasteiger partial charge is 0.314 e. The van der Waals surface area contributed by atoms with Crippen LogP contribution in [0.1, 0.15) is 32.6 Å². The molecular weight excluding hydrogens is 231 g/mol. The third-order valence-corrected chi connectivity index (χ3v) is 2.52. The summed E-state index contributed by atoms with van der Waals surface area (Å²) in [6.07, 6.45) is -2.81. The highest BCUT2D eigenvalue weighted by atomic mass is 19.4. The van der Waals surface area contributed by atoms with E-state index in [0.29, 0.717) is 13.0 Å². The van der Waals surface area contributed by atoms with Crippen molar-refractivity contribution >= 4 is 0 Å². The molecule has 0 aromatic carbocycles. The molecule has 0 aromatic heterocycles. The van der Waals surface area contributed by atoms with Gasteiger partial charge in [-0.1, -0.05) is 0 Å². The second-order valence-corrected chi connectivity index (χ2v) is 4.65. The predicted octanol–water partition coefficient (Wildman–Crippen LogP) is 2.28. The zero-order valence-electron chi connectivity index (χ0n) is 10.3. The van der Waals surface area contributed by atoms with Crippen molar-refractivity contribution in [2.45, 2.75) is 44.3 Å². The summed E-state index contributed by atoms with van der Waals surface area (Å²) < 4.78 is 35.8. The summed E-state index contributed by atoms with van der Waals surface area (Å²) in [6, 6.07) is 1.99. The summed E-state index contributed by atoms with van der Waals surface area (Å²) in [5.74, 6) is 0. The summed E-state index contributed by atoms with van der Waals surface area (Å²) in [5.41, 5.74) is 4.80. The first-order chi connectivity index (χ1) is 7.66. The van der Waals surface area contributed by atoms with E-state index in [1.807, 2.05) is 6.07 Å². The van der Waals surface area contributed by atoms with Gasteiger partial charge in [-0.2, -0.15) is 18.4 Å². The van der Waals surface area contributed by atoms with Gasteiger partial charge in [-0.15, -0.1) is 0 Å². The van der Waals surface area contributed by atoms with Crippen molar-refractivity contribution < 1.29 is 13.2 Å². The Morgan fingerprint density at radius 1 is 1.18 bits per heavy atom. The minimum Gasteiger partial charge on any atom is -0.314 e. The molecule has 0 aromatic rings. The van der Waals surface area contributed by atoms with Crippen LogP contribution in [0.3, 0.4) is 0 Å². The molecule has 0 fully saturated rings. The highest BCUT2D eigenvalue weighted by molar-refractivity contribution is 5.00. The van der Waals surface area contributed by atoms with E-state index in [-0.39, 0.29) is 6.54 Å². The lowest BCUT2D eigenvalue weighted by molar-refractivity contribution is -0.137. The van der Waals surface area contributed by atoms with Gasteiger partial charge in [-0.25, -0.2) is 0 Å². The quantitative estimate of drug-likeness (QED) is 0.706. The zero-order chi connectivity index (χ0) is 13.5. The zero-order valence-corrected chi connectivity index (χ0v) is 10.3. The largest absolute Gasteiger partial charge is 0.390 e. The van der Waals surface area contributed by atoms with Crippen LogP contribution < -0.4 is 5.73 Å². The maximum absolute atomic E-state index is 11.9. The molecule has 0 heterocycles. The molecule has 0 bridgehead atoms. The molecule has 1 atom stereocenters. The molecule has 0 spiro atoms. The maximum Gasteiger partial charge on any atom is 0.390 e. The lowest BCUT2D eigenvalue weighted by Gasteiger charge is -2.19. The first-order valence-corrected chi connectivity index (χ1v) is 5.62. The van der Waals surface area contributed by atoms with Crippen LogP contribution in [0, 0.1) is 11.3 Å². The van der Waals surface area contributed by atoms with Crippen molar-refractivity contribution in [1.82, 2.24) is 4.90 Å². The number of alkyl halides is 3. The summed E-state index contributed by atoms with van der Waals surface area (Å²) in [7, 11) is 1.66. The number of nitrogens with zero attached hydrogens (tertiary/aromatic N) is 2. The van der Waals surface area contributed by atoms with E-state index in [1.54, 1.807) is 18.9 Å². The van der Waals surface area contributed by atoms with Crippen LogP contribution in [0.4, 0.5) is 13.2 Å². The minimum absolute atomic E-state index is 0.0155. The molecule has 0 aliphatic carbocycles. The fourth-order valence-electron chi connectivity index (χ4n) is 1.36. The second kappa shape index (κ2) is 6.82. The highest BCUT2D eigenvalue weighted by Gasteiger charge is 2.26. The summed E-state index contributed by atoms with van der Waals surface area (Å²) in [5, 5.41) is 8.67. The van der Waals surface area contributed by atoms with Gasteiger partial charge in [0.25, 0.3) is 0 Å². The second-order valence-electron chi connectivity index (χ2n) is 4.65. The Bertz CT molecular complexity index is 256. The van der Waals surface area contributed by atoms with Gasteiger partial charge >= 0.3 is 6.18 Å². The Hall–Kier alpha value is -0.800. The van der Waals surface area contributed by atoms with E-state index >= 15 is 0 Å². The number of halogens is 3. The van der Waals surface area contributed by atoms with E-state index in [2.05, 4.69) is 0 Å². The lowest BCUT2D eigenvalue weighted by atomic mass is 9.98. The number of rotatable bonds is 7. The molecule has 0 aliphatic rings. The van der Waals surface area contributed by atoms with Crippen LogP contribution in [0.5, 0.6) is 0 Å². The van der Waals surface area contributed by atoms with Gasteiger partial charge in [-0.05, 0) is 39.8 Å². The average molecular weight is 251 g/mol. The lowest BCUT2D eigenvalue weighted by Crippen LogP contribution is -2.34. The molecular formula is C11H20F3N3. The van der Waals surface area contributed by atoms with E-state index in [0.717, 1.165) is 12.8 Å². The van der Waals surface area contributed by atoms with Gasteiger partial charge in [0.05, 0.1) is 12.5 Å². The summed E-state index contributed by atoms with van der Waals surface area (Å²) in [4.78, 5) is 1.65. The van der Waals surface area contributed by atoms with Crippen molar-refractivity contribution in [3.8, 4) is 6.07 Å². The molecule has 2 N–H and O–H groups in total. The van der Waals surface area contributed by atoms with Gasteiger partial charge in [-0.3, -0.25) is 0 Å². The first kappa shape index (κ1) is 16.2. The van der Waals surface area contributed by atoms with Gasteiger partial charge < -0.3 is 10.6 Å². The van der Waals surface area contributed by atoms with Crippen molar-refractivity contribution in [3.63, 3.8) is 0 Å². The molecule has 0 saturated carbocycles. The molecule has 3 nitrogen and oxygen atoms in total. The number of nitrogens with two attached hydrogens (primary N) is 1. The third-order valence-electron chi connectivity index (χ3n) is 2.52. The van der Waals surface area contributed by atoms with Crippen molar-refractivity contribution in [2.24, 2.45) is 5.73 Å². The highest BCUT2D eigenvalue weighted by Crippen LogP contribution is 2.19. The number of unbranched alkanes of at least 4 members (excludes halogenated alkanes) is 1. The molecule has 0 aliphatic heterocycles. The van der Waals surface area contributed by atoms with E-state index in [4.69, 9.17) is 11.0 Å². The fourth-order valence-corrected chi connectivity index (χ4v) is 1.36. The van der Waals surface area contributed by atoms with E-state index in [9.17, 15) is 13.2 Å². The molecule has 17 heavy (non-hydrogen) atoms. The predicted molar refractivity (Wildman–Crippen MR) is 60.2 cm³/mol. The van der Waals surface area contributed by atoms with Crippen LogP contribution in [0.2, 0.25) is 0 Å². The van der Waals surface area contributed by atoms with Gasteiger partial charge in [0.2, 0.25) is 0 Å². The number of nitriles is 1. The van der Waals surface area contributed by atoms with E-state index in [1.165, 1.54) is 0 Å². The topological polar surface area (TPSA) is 53.0 Å². The van der Waals surface area contributed by atoms with Crippen molar-refractivity contribution in [2.75, 3.05) is 20.1 Å². The van der Waals surface area contributed by atoms with Crippen LogP contribution in [-0.2, 0) is 0 Å². The third kappa shape index (κ3) is 10.1. The minimum atomic E-state index is -4.09. The van der Waals surface area contributed by atoms with Gasteiger partial charge in [0.1, 0.15) is 5.54 Å². The standard InChI is InChI=1S/C11H20F3N3/c1-10(16,9-15)5-3-4-7-17(2)8-6-11(12,13)14/h3-8,16H2,1-2H3. The molecule has 0 amide bonds. The molecule has 100 valence electrons. The maximum atomic E-state index is 11.9. The van der Waals surface area contributed by atoms with Crippen LogP contribution >= 0.6 is 0 Å². The number of hydrogen-bond acceptors (Lipinski definition) is 3. The molecule has 0 saturated heterocycles. The Morgan fingerprint density at radius 3 is 2.24 bits per heavy atom. The molecule has 0 rings (SSSR count). The Labute approximate surface area is 100 Å². The molecule has 1 unspecified atom stereocenters. The molecule has 6 heteroatoms. The molecule has 0 radical (unpaired) electrons. The van der Waals surface area contributed by atoms with E-state index < -0.39 is 18.1 Å². The van der Waals surface area contributed by atoms with Gasteiger partial charge in [0.15, 0.2) is 0 Å². The van der Waals surface area contributed by atoms with Crippen molar-refractivity contribution in [1.29, 1.82) is 5.26 Å². The van der Waals surface area contributed by atoms with Crippen LogP contribution in [0.25, 0.3) is 0 Å². The van der Waals surface area contributed by atoms with Crippen LogP contribution in [0.15, 0.2) is 0 Å². The van der Waals surface area contributed by atoms with Crippen molar-refractivity contribution in [3.05, 3.63) is 0 Å². The summed E-state index contributed by atoms with van der Waals surface area (Å²) in [6.45, 7) is 2.26. The SMILES string of the molecule is CN(CCCCC(C)(N)C#N)CCC(F)(F)F. The Morgan fingerprint density at radius 2 is 1.76 bits per heavy atom. The fraction of sp³-hybridized carbons (Fsp3) is 0.909. The summed E-state index contributed by atoms with van der Waals surface area (Å²) >= 11 is 0. The van der Waals surface area contributed by atoms with Gasteiger partial charge in [0, 0.05) is 6.54 Å². The Kier molecular flexibility index (Phi) is 6.50. The monoisotopic (exact) mass is 251 g/mol.